The Morgan fingerprint density at radius 3 is 2.50 bits per heavy atom. The van der Waals surface area contributed by atoms with Crippen LogP contribution < -0.4 is 9.47 Å². The van der Waals surface area contributed by atoms with Crippen LogP contribution in [0, 0.1) is 0 Å². The number of para-hydroxylation sites is 1. The molecule has 0 aromatic heterocycles. The van der Waals surface area contributed by atoms with Gasteiger partial charge in [0.05, 0.1) is 7.11 Å². The smallest absolute Gasteiger partial charge is 0.125 e. The minimum atomic E-state index is 0.440. The Bertz CT molecular complexity index is 579. The van der Waals surface area contributed by atoms with Crippen LogP contribution in [0.2, 0.25) is 0 Å². The zero-order valence-corrected chi connectivity index (χ0v) is 13.6. The third-order valence-corrected chi connectivity index (χ3v) is 3.66. The van der Waals surface area contributed by atoms with Crippen LogP contribution in [0.5, 0.6) is 11.5 Å². The fourth-order valence-corrected chi connectivity index (χ4v) is 2.51. The Kier molecular flexibility index (Phi) is 5.07. The van der Waals surface area contributed by atoms with Gasteiger partial charge in [0.15, 0.2) is 0 Å². The number of hydrogen-bond acceptors (Lipinski definition) is 2. The van der Waals surface area contributed by atoms with Crippen molar-refractivity contribution < 1.29 is 9.47 Å². The maximum absolute atomic E-state index is 5.98. The van der Waals surface area contributed by atoms with Crippen molar-refractivity contribution in [2.75, 3.05) is 7.11 Å². The molecule has 0 aliphatic heterocycles. The first-order valence-electron chi connectivity index (χ1n) is 6.66. The molecule has 20 heavy (non-hydrogen) atoms. The second-order valence-electron chi connectivity index (χ2n) is 4.94. The third-order valence-electron chi connectivity index (χ3n) is 3.17. The van der Waals surface area contributed by atoms with E-state index in [2.05, 4.69) is 35.8 Å². The molecule has 2 aromatic rings. The summed E-state index contributed by atoms with van der Waals surface area (Å²) in [6.45, 7) is 4.83. The Hall–Kier alpha value is -1.48. The fraction of sp³-hybridized carbons (Fsp3) is 0.294. The molecule has 3 heteroatoms. The van der Waals surface area contributed by atoms with Gasteiger partial charge < -0.3 is 9.47 Å². The van der Waals surface area contributed by atoms with Gasteiger partial charge in [-0.2, -0.15) is 0 Å². The summed E-state index contributed by atoms with van der Waals surface area (Å²) >= 11 is 3.48. The van der Waals surface area contributed by atoms with E-state index in [1.165, 1.54) is 5.56 Å². The van der Waals surface area contributed by atoms with Gasteiger partial charge in [-0.15, -0.1) is 0 Å². The second-order valence-corrected chi connectivity index (χ2v) is 5.85. The number of methoxy groups -OCH3 is 1. The molecular weight excluding hydrogens is 316 g/mol. The molecule has 0 heterocycles. The second kappa shape index (κ2) is 6.80. The van der Waals surface area contributed by atoms with Gasteiger partial charge in [-0.05, 0) is 35.7 Å². The van der Waals surface area contributed by atoms with Gasteiger partial charge in [0, 0.05) is 10.0 Å². The molecule has 0 bridgehead atoms. The standard InChI is InChI=1S/C17H19BrO2/c1-12(2)15-6-4-5-7-17(15)20-11-13-10-14(18)8-9-16(13)19-3/h4-10,12H,11H2,1-3H3. The van der Waals surface area contributed by atoms with Crippen LogP contribution in [-0.2, 0) is 6.61 Å². The zero-order chi connectivity index (χ0) is 14.5. The highest BCUT2D eigenvalue weighted by atomic mass is 79.9. The van der Waals surface area contributed by atoms with Gasteiger partial charge in [-0.1, -0.05) is 48.0 Å². The lowest BCUT2D eigenvalue weighted by Gasteiger charge is -2.15. The van der Waals surface area contributed by atoms with Crippen molar-refractivity contribution in [1.82, 2.24) is 0 Å². The van der Waals surface area contributed by atoms with E-state index in [-0.39, 0.29) is 0 Å². The molecule has 0 N–H and O–H groups in total. The monoisotopic (exact) mass is 334 g/mol. The Balaban J connectivity index is 2.19. The third kappa shape index (κ3) is 3.54. The molecule has 2 nitrogen and oxygen atoms in total. The minimum Gasteiger partial charge on any atom is -0.496 e. The van der Waals surface area contributed by atoms with Gasteiger partial charge in [-0.25, -0.2) is 0 Å². The topological polar surface area (TPSA) is 18.5 Å². The summed E-state index contributed by atoms with van der Waals surface area (Å²) in [6, 6.07) is 14.1. The van der Waals surface area contributed by atoms with Gasteiger partial charge in [0.1, 0.15) is 18.1 Å². The van der Waals surface area contributed by atoms with Gasteiger partial charge in [0.25, 0.3) is 0 Å². The van der Waals surface area contributed by atoms with E-state index >= 15 is 0 Å². The summed E-state index contributed by atoms with van der Waals surface area (Å²) < 4.78 is 12.4. The van der Waals surface area contributed by atoms with E-state index in [0.717, 1.165) is 21.5 Å². The lowest BCUT2D eigenvalue weighted by atomic mass is 10.0. The Labute approximate surface area is 128 Å². The van der Waals surface area contributed by atoms with Crippen LogP contribution in [0.25, 0.3) is 0 Å². The van der Waals surface area contributed by atoms with Crippen molar-refractivity contribution >= 4 is 15.9 Å². The van der Waals surface area contributed by atoms with Crippen LogP contribution in [0.4, 0.5) is 0 Å². The SMILES string of the molecule is COc1ccc(Br)cc1COc1ccccc1C(C)C. The first kappa shape index (κ1) is 14.9. The molecule has 0 fully saturated rings. The predicted molar refractivity (Wildman–Crippen MR) is 85.6 cm³/mol. The molecule has 0 aliphatic rings. The first-order chi connectivity index (χ1) is 9.61. The van der Waals surface area contributed by atoms with E-state index < -0.39 is 0 Å². The van der Waals surface area contributed by atoms with Crippen molar-refractivity contribution in [2.24, 2.45) is 0 Å². The molecule has 2 rings (SSSR count). The average Bonchev–Trinajstić information content (AvgIpc) is 2.45. The predicted octanol–water partition coefficient (Wildman–Crippen LogP) is 5.16. The van der Waals surface area contributed by atoms with E-state index in [4.69, 9.17) is 9.47 Å². The number of rotatable bonds is 5. The maximum atomic E-state index is 5.98. The molecule has 0 radical (unpaired) electrons. The normalized spacial score (nSPS) is 10.7. The van der Waals surface area contributed by atoms with Gasteiger partial charge >= 0.3 is 0 Å². The first-order valence-corrected chi connectivity index (χ1v) is 7.45. The van der Waals surface area contributed by atoms with Gasteiger partial charge in [-0.3, -0.25) is 0 Å². The van der Waals surface area contributed by atoms with Crippen molar-refractivity contribution in [2.45, 2.75) is 26.4 Å². The van der Waals surface area contributed by atoms with E-state index in [0.29, 0.717) is 12.5 Å². The summed E-state index contributed by atoms with van der Waals surface area (Å²) in [7, 11) is 1.68. The van der Waals surface area contributed by atoms with Crippen LogP contribution in [0.15, 0.2) is 46.9 Å². The van der Waals surface area contributed by atoms with E-state index in [1.54, 1.807) is 7.11 Å². The van der Waals surface area contributed by atoms with Crippen LogP contribution in [0.3, 0.4) is 0 Å². The highest BCUT2D eigenvalue weighted by molar-refractivity contribution is 9.10. The summed E-state index contributed by atoms with van der Waals surface area (Å²) in [5, 5.41) is 0. The van der Waals surface area contributed by atoms with Gasteiger partial charge in [0.2, 0.25) is 0 Å². The lowest BCUT2D eigenvalue weighted by molar-refractivity contribution is 0.292. The molecular formula is C17H19BrO2. The highest BCUT2D eigenvalue weighted by Gasteiger charge is 2.09. The molecule has 0 saturated heterocycles. The molecule has 0 amide bonds. The minimum absolute atomic E-state index is 0.440. The summed E-state index contributed by atoms with van der Waals surface area (Å²) in [6.07, 6.45) is 0. The van der Waals surface area contributed by atoms with E-state index in [9.17, 15) is 0 Å². The molecule has 106 valence electrons. The van der Waals surface area contributed by atoms with Crippen molar-refractivity contribution in [3.05, 3.63) is 58.1 Å². The highest BCUT2D eigenvalue weighted by Crippen LogP contribution is 2.29. The fourth-order valence-electron chi connectivity index (χ4n) is 2.10. The van der Waals surface area contributed by atoms with Crippen molar-refractivity contribution in [3.63, 3.8) is 0 Å². The van der Waals surface area contributed by atoms with Crippen molar-refractivity contribution in [1.29, 1.82) is 0 Å². The molecule has 0 saturated carbocycles. The van der Waals surface area contributed by atoms with Crippen LogP contribution in [-0.4, -0.2) is 7.11 Å². The molecule has 0 aliphatic carbocycles. The molecule has 0 atom stereocenters. The summed E-state index contributed by atoms with van der Waals surface area (Å²) in [5.41, 5.74) is 2.25. The number of ether oxygens (including phenoxy) is 2. The van der Waals surface area contributed by atoms with Crippen LogP contribution >= 0.6 is 15.9 Å². The average molecular weight is 335 g/mol. The van der Waals surface area contributed by atoms with E-state index in [1.807, 2.05) is 36.4 Å². The Morgan fingerprint density at radius 2 is 1.80 bits per heavy atom. The summed E-state index contributed by atoms with van der Waals surface area (Å²) in [5.74, 6) is 2.22. The number of benzene rings is 2. The molecule has 2 aromatic carbocycles. The van der Waals surface area contributed by atoms with Crippen LogP contribution in [0.1, 0.15) is 30.9 Å². The largest absolute Gasteiger partial charge is 0.496 e. The lowest BCUT2D eigenvalue weighted by Crippen LogP contribution is -2.01. The van der Waals surface area contributed by atoms with Crippen molar-refractivity contribution in [3.8, 4) is 11.5 Å². The number of halogens is 1. The number of hydrogen-bond donors (Lipinski definition) is 0. The Morgan fingerprint density at radius 1 is 1.05 bits per heavy atom. The maximum Gasteiger partial charge on any atom is 0.125 e. The summed E-state index contributed by atoms with van der Waals surface area (Å²) in [4.78, 5) is 0. The molecule has 0 unspecified atom stereocenters. The quantitative estimate of drug-likeness (QED) is 0.751. The molecule has 0 spiro atoms. The zero-order valence-electron chi connectivity index (χ0n) is 12.0.